The van der Waals surface area contributed by atoms with Crippen molar-refractivity contribution in [3.63, 3.8) is 0 Å². The van der Waals surface area contributed by atoms with E-state index in [0.29, 0.717) is 12.0 Å². The van der Waals surface area contributed by atoms with Crippen LogP contribution in [-0.2, 0) is 6.54 Å². The molecule has 3 aromatic carbocycles. The van der Waals surface area contributed by atoms with Crippen molar-refractivity contribution < 1.29 is 0 Å². The highest BCUT2D eigenvalue weighted by atomic mass is 15.3. The van der Waals surface area contributed by atoms with Crippen LogP contribution in [0, 0.1) is 0 Å². The van der Waals surface area contributed by atoms with Crippen LogP contribution < -0.4 is 0 Å². The first-order valence-corrected chi connectivity index (χ1v) is 10.0. The predicted octanol–water partition coefficient (Wildman–Crippen LogP) is 4.69. The van der Waals surface area contributed by atoms with E-state index >= 15 is 0 Å². The van der Waals surface area contributed by atoms with Crippen LogP contribution in [0.1, 0.15) is 34.2 Å². The van der Waals surface area contributed by atoms with E-state index in [9.17, 15) is 0 Å². The molecule has 0 N–H and O–H groups in total. The van der Waals surface area contributed by atoms with Crippen molar-refractivity contribution in [3.05, 3.63) is 107 Å². The van der Waals surface area contributed by atoms with Gasteiger partial charge in [0.1, 0.15) is 0 Å². The lowest BCUT2D eigenvalue weighted by molar-refractivity contribution is 0.0585. The Morgan fingerprint density at radius 3 is 2.11 bits per heavy atom. The molecule has 0 bridgehead atoms. The molecule has 2 nitrogen and oxygen atoms in total. The number of piperazine rings is 1. The first kappa shape index (κ1) is 16.7. The fourth-order valence-electron chi connectivity index (χ4n) is 4.81. The summed E-state index contributed by atoms with van der Waals surface area (Å²) in [6.07, 6.45) is 0. The van der Waals surface area contributed by atoms with Crippen molar-refractivity contribution >= 4 is 0 Å². The second kappa shape index (κ2) is 7.30. The minimum atomic E-state index is 0.485. The predicted molar refractivity (Wildman–Crippen MR) is 111 cm³/mol. The molecule has 1 saturated heterocycles. The molecule has 136 valence electrons. The zero-order chi connectivity index (χ0) is 18.1. The molecule has 0 radical (unpaired) electrons. The summed E-state index contributed by atoms with van der Waals surface area (Å²) in [4.78, 5) is 5.33. The molecule has 3 aromatic rings. The van der Waals surface area contributed by atoms with E-state index in [1.54, 1.807) is 0 Å². The van der Waals surface area contributed by atoms with Crippen LogP contribution >= 0.6 is 0 Å². The van der Waals surface area contributed by atoms with Crippen molar-refractivity contribution in [1.29, 1.82) is 0 Å². The number of rotatable bonds is 3. The molecular weight excluding hydrogens is 328 g/mol. The molecule has 0 unspecified atom stereocenters. The standard InChI is InChI=1S/C25H26N2/c1-3-9-20(10-4-1)17-26-15-16-27-18-24(21-11-5-2-6-12-21)22-13-7-8-14-23(22)25(27)19-26/h1-14,24-25H,15-19H2/t24-,25-/m1/s1. The Balaban J connectivity index is 1.43. The second-order valence-electron chi connectivity index (χ2n) is 7.82. The van der Waals surface area contributed by atoms with Gasteiger partial charge in [0.15, 0.2) is 0 Å². The largest absolute Gasteiger partial charge is 0.296 e. The smallest absolute Gasteiger partial charge is 0.0479 e. The third kappa shape index (κ3) is 3.31. The van der Waals surface area contributed by atoms with Gasteiger partial charge in [0.25, 0.3) is 0 Å². The lowest BCUT2D eigenvalue weighted by Crippen LogP contribution is -2.51. The molecule has 2 heteroatoms. The molecule has 0 aromatic heterocycles. The quantitative estimate of drug-likeness (QED) is 0.673. The van der Waals surface area contributed by atoms with Gasteiger partial charge in [0, 0.05) is 44.7 Å². The molecule has 2 atom stereocenters. The van der Waals surface area contributed by atoms with E-state index in [1.807, 2.05) is 0 Å². The number of fused-ring (bicyclic) bond motifs is 3. The van der Waals surface area contributed by atoms with Gasteiger partial charge in [-0.15, -0.1) is 0 Å². The van der Waals surface area contributed by atoms with Crippen LogP contribution in [0.25, 0.3) is 0 Å². The van der Waals surface area contributed by atoms with Crippen LogP contribution in [0.4, 0.5) is 0 Å². The molecule has 27 heavy (non-hydrogen) atoms. The lowest BCUT2D eigenvalue weighted by Gasteiger charge is -2.47. The number of benzene rings is 3. The normalized spacial score (nSPS) is 22.8. The number of hydrogen-bond acceptors (Lipinski definition) is 2. The minimum Gasteiger partial charge on any atom is -0.296 e. The maximum absolute atomic E-state index is 2.71. The summed E-state index contributed by atoms with van der Waals surface area (Å²) in [5.74, 6) is 0.485. The topological polar surface area (TPSA) is 6.48 Å². The van der Waals surface area contributed by atoms with E-state index in [0.717, 1.165) is 32.7 Å². The molecule has 0 saturated carbocycles. The molecule has 2 aliphatic rings. The summed E-state index contributed by atoms with van der Waals surface area (Å²) >= 11 is 0. The molecule has 0 aliphatic carbocycles. The molecule has 2 aliphatic heterocycles. The highest BCUT2D eigenvalue weighted by Crippen LogP contribution is 2.40. The first-order valence-electron chi connectivity index (χ1n) is 10.0. The third-order valence-corrected chi connectivity index (χ3v) is 6.17. The van der Waals surface area contributed by atoms with Crippen molar-refractivity contribution in [3.8, 4) is 0 Å². The lowest BCUT2D eigenvalue weighted by atomic mass is 9.80. The van der Waals surface area contributed by atoms with Crippen molar-refractivity contribution in [1.82, 2.24) is 9.80 Å². The van der Waals surface area contributed by atoms with Crippen molar-refractivity contribution in [2.24, 2.45) is 0 Å². The van der Waals surface area contributed by atoms with E-state index < -0.39 is 0 Å². The number of nitrogens with zero attached hydrogens (tertiary/aromatic N) is 2. The SMILES string of the molecule is c1ccc(CN2CCN3C[C@H](c4ccccc4)c4ccccc4[C@H]3C2)cc1. The Morgan fingerprint density at radius 1 is 0.667 bits per heavy atom. The Kier molecular flexibility index (Phi) is 4.52. The van der Waals surface area contributed by atoms with E-state index in [4.69, 9.17) is 0 Å². The maximum atomic E-state index is 2.71. The molecule has 1 fully saturated rings. The summed E-state index contributed by atoms with van der Waals surface area (Å²) in [6, 6.07) is 31.5. The number of hydrogen-bond donors (Lipinski definition) is 0. The van der Waals surface area contributed by atoms with Gasteiger partial charge in [-0.05, 0) is 22.3 Å². The molecule has 2 heterocycles. The Bertz CT molecular complexity index is 890. The third-order valence-electron chi connectivity index (χ3n) is 6.17. The van der Waals surface area contributed by atoms with Gasteiger partial charge in [-0.3, -0.25) is 9.80 Å². The highest BCUT2D eigenvalue weighted by molar-refractivity contribution is 5.42. The molecule has 5 rings (SSSR count). The monoisotopic (exact) mass is 354 g/mol. The van der Waals surface area contributed by atoms with Crippen LogP contribution in [0.3, 0.4) is 0 Å². The Morgan fingerprint density at radius 2 is 1.33 bits per heavy atom. The van der Waals surface area contributed by atoms with Gasteiger partial charge >= 0.3 is 0 Å². The van der Waals surface area contributed by atoms with Gasteiger partial charge in [-0.25, -0.2) is 0 Å². The Hall–Kier alpha value is -2.42. The average molecular weight is 354 g/mol. The zero-order valence-electron chi connectivity index (χ0n) is 15.7. The first-order chi connectivity index (χ1) is 13.4. The maximum Gasteiger partial charge on any atom is 0.0479 e. The van der Waals surface area contributed by atoms with Gasteiger partial charge in [-0.1, -0.05) is 84.9 Å². The minimum absolute atomic E-state index is 0.485. The zero-order valence-corrected chi connectivity index (χ0v) is 15.7. The van der Waals surface area contributed by atoms with E-state index in [1.165, 1.54) is 22.3 Å². The summed E-state index contributed by atoms with van der Waals surface area (Å²) in [5, 5.41) is 0. The molecule has 0 amide bonds. The second-order valence-corrected chi connectivity index (χ2v) is 7.82. The van der Waals surface area contributed by atoms with E-state index in [-0.39, 0.29) is 0 Å². The fourth-order valence-corrected chi connectivity index (χ4v) is 4.81. The molecular formula is C25H26N2. The van der Waals surface area contributed by atoms with E-state index in [2.05, 4.69) is 94.7 Å². The summed E-state index contributed by atoms with van der Waals surface area (Å²) in [5.41, 5.74) is 5.90. The van der Waals surface area contributed by atoms with Crippen LogP contribution in [0.2, 0.25) is 0 Å². The highest BCUT2D eigenvalue weighted by Gasteiger charge is 2.36. The van der Waals surface area contributed by atoms with Gasteiger partial charge < -0.3 is 0 Å². The average Bonchev–Trinajstić information content (AvgIpc) is 2.75. The fraction of sp³-hybridized carbons (Fsp3) is 0.280. The van der Waals surface area contributed by atoms with Gasteiger partial charge in [0.2, 0.25) is 0 Å². The summed E-state index contributed by atoms with van der Waals surface area (Å²) in [7, 11) is 0. The summed E-state index contributed by atoms with van der Waals surface area (Å²) in [6.45, 7) is 5.60. The van der Waals surface area contributed by atoms with Crippen LogP contribution in [-0.4, -0.2) is 36.0 Å². The molecule has 0 spiro atoms. The van der Waals surface area contributed by atoms with Crippen LogP contribution in [0.5, 0.6) is 0 Å². The van der Waals surface area contributed by atoms with Crippen LogP contribution in [0.15, 0.2) is 84.9 Å². The van der Waals surface area contributed by atoms with Crippen molar-refractivity contribution in [2.45, 2.75) is 18.5 Å². The van der Waals surface area contributed by atoms with Crippen molar-refractivity contribution in [2.75, 3.05) is 26.2 Å². The van der Waals surface area contributed by atoms with Gasteiger partial charge in [-0.2, -0.15) is 0 Å². The Labute approximate surface area is 162 Å². The summed E-state index contributed by atoms with van der Waals surface area (Å²) < 4.78 is 0. The van der Waals surface area contributed by atoms with Gasteiger partial charge in [0.05, 0.1) is 0 Å².